The molecule has 0 aliphatic carbocycles. The third-order valence-corrected chi connectivity index (χ3v) is 2.28. The van der Waals surface area contributed by atoms with Gasteiger partial charge in [-0.05, 0) is 17.7 Å². The number of benzene rings is 1. The fourth-order valence-electron chi connectivity index (χ4n) is 0.889. The van der Waals surface area contributed by atoms with Crippen molar-refractivity contribution >= 4 is 28.0 Å². The maximum Gasteiger partial charge on any atom is 0.346 e. The summed E-state index contributed by atoms with van der Waals surface area (Å²) >= 11 is 3.26. The molecule has 0 saturated heterocycles. The highest BCUT2D eigenvalue weighted by molar-refractivity contribution is 9.10. The standard InChI is InChI=1S/C10H6BrNO2/c11-9-4-2-1-3-7(9)5-8(6-12)10(13)14/h1-5H,(H,13,14)/b8-5+. The molecule has 0 aliphatic rings. The molecule has 0 aromatic heterocycles. The fourth-order valence-corrected chi connectivity index (χ4v) is 1.29. The summed E-state index contributed by atoms with van der Waals surface area (Å²) in [6.07, 6.45) is 1.33. The van der Waals surface area contributed by atoms with Crippen LogP contribution in [-0.4, -0.2) is 11.1 Å². The first kappa shape index (κ1) is 10.5. The zero-order valence-electron chi connectivity index (χ0n) is 7.07. The van der Waals surface area contributed by atoms with Crippen molar-refractivity contribution < 1.29 is 9.90 Å². The highest BCUT2D eigenvalue weighted by Crippen LogP contribution is 2.18. The minimum absolute atomic E-state index is 0.281. The number of hydrogen-bond acceptors (Lipinski definition) is 2. The third kappa shape index (κ3) is 2.44. The van der Waals surface area contributed by atoms with E-state index in [0.717, 1.165) is 4.47 Å². The highest BCUT2D eigenvalue weighted by Gasteiger charge is 2.06. The second-order valence-corrected chi connectivity index (χ2v) is 3.35. The van der Waals surface area contributed by atoms with Crippen LogP contribution in [-0.2, 0) is 4.79 Å². The lowest BCUT2D eigenvalue weighted by atomic mass is 10.1. The molecule has 0 radical (unpaired) electrons. The number of hydrogen-bond donors (Lipinski definition) is 1. The quantitative estimate of drug-likeness (QED) is 0.649. The highest BCUT2D eigenvalue weighted by atomic mass is 79.9. The number of carboxylic acids is 1. The average molecular weight is 252 g/mol. The lowest BCUT2D eigenvalue weighted by molar-refractivity contribution is -0.132. The van der Waals surface area contributed by atoms with Crippen molar-refractivity contribution in [2.75, 3.05) is 0 Å². The molecule has 0 fully saturated rings. The molecule has 4 heteroatoms. The van der Waals surface area contributed by atoms with Gasteiger partial charge < -0.3 is 5.11 Å². The molecule has 1 rings (SSSR count). The van der Waals surface area contributed by atoms with Crippen molar-refractivity contribution in [2.45, 2.75) is 0 Å². The average Bonchev–Trinajstić information content (AvgIpc) is 2.16. The summed E-state index contributed by atoms with van der Waals surface area (Å²) in [6, 6.07) is 8.71. The molecule has 0 heterocycles. The lowest BCUT2D eigenvalue weighted by Gasteiger charge is -1.96. The summed E-state index contributed by atoms with van der Waals surface area (Å²) in [5.41, 5.74) is 0.392. The third-order valence-electron chi connectivity index (χ3n) is 1.56. The van der Waals surface area contributed by atoms with Crippen molar-refractivity contribution in [3.63, 3.8) is 0 Å². The largest absolute Gasteiger partial charge is 0.477 e. The van der Waals surface area contributed by atoms with Crippen LogP contribution in [0.25, 0.3) is 6.08 Å². The molecular weight excluding hydrogens is 246 g/mol. The number of carboxylic acid groups (broad SMARTS) is 1. The Labute approximate surface area is 89.4 Å². The second-order valence-electron chi connectivity index (χ2n) is 2.50. The van der Waals surface area contributed by atoms with Crippen molar-refractivity contribution in [2.24, 2.45) is 0 Å². The van der Waals surface area contributed by atoms with Gasteiger partial charge in [-0.3, -0.25) is 0 Å². The predicted molar refractivity (Wildman–Crippen MR) is 55.4 cm³/mol. The second kappa shape index (κ2) is 4.58. The Hall–Kier alpha value is -1.60. The summed E-state index contributed by atoms with van der Waals surface area (Å²) in [5.74, 6) is -1.22. The minimum atomic E-state index is -1.22. The maximum absolute atomic E-state index is 10.5. The van der Waals surface area contributed by atoms with Crippen LogP contribution in [0.15, 0.2) is 34.3 Å². The maximum atomic E-state index is 10.5. The molecule has 0 atom stereocenters. The van der Waals surface area contributed by atoms with E-state index >= 15 is 0 Å². The van der Waals surface area contributed by atoms with Crippen LogP contribution in [0.5, 0.6) is 0 Å². The Morgan fingerprint density at radius 1 is 1.50 bits per heavy atom. The number of aliphatic carboxylic acids is 1. The monoisotopic (exact) mass is 251 g/mol. The number of nitrogens with zero attached hydrogens (tertiary/aromatic N) is 1. The van der Waals surface area contributed by atoms with Crippen molar-refractivity contribution in [3.8, 4) is 6.07 Å². The summed E-state index contributed by atoms with van der Waals surface area (Å²) in [5, 5.41) is 17.2. The first-order valence-electron chi connectivity index (χ1n) is 3.75. The van der Waals surface area contributed by atoms with Gasteiger partial charge in [0, 0.05) is 4.47 Å². The first-order valence-corrected chi connectivity index (χ1v) is 4.54. The van der Waals surface area contributed by atoms with Gasteiger partial charge in [0.15, 0.2) is 0 Å². The molecule has 1 aromatic rings. The van der Waals surface area contributed by atoms with E-state index < -0.39 is 5.97 Å². The Kier molecular flexibility index (Phi) is 3.43. The van der Waals surface area contributed by atoms with E-state index in [0.29, 0.717) is 5.56 Å². The van der Waals surface area contributed by atoms with Crippen LogP contribution >= 0.6 is 15.9 Å². The predicted octanol–water partition coefficient (Wildman–Crippen LogP) is 2.44. The van der Waals surface area contributed by atoms with E-state index in [1.54, 1.807) is 24.3 Å². The van der Waals surface area contributed by atoms with E-state index in [9.17, 15) is 4.79 Å². The molecule has 14 heavy (non-hydrogen) atoms. The molecule has 3 nitrogen and oxygen atoms in total. The van der Waals surface area contributed by atoms with E-state index in [1.165, 1.54) is 6.08 Å². The Morgan fingerprint density at radius 3 is 2.64 bits per heavy atom. The van der Waals surface area contributed by atoms with Crippen LogP contribution in [0.3, 0.4) is 0 Å². The molecule has 0 aliphatic heterocycles. The number of halogens is 1. The molecule has 70 valence electrons. The van der Waals surface area contributed by atoms with Gasteiger partial charge in [0.1, 0.15) is 11.6 Å². The Balaban J connectivity index is 3.15. The first-order chi connectivity index (χ1) is 6.65. The van der Waals surface area contributed by atoms with Crippen LogP contribution in [0.2, 0.25) is 0 Å². The molecule has 1 N–H and O–H groups in total. The van der Waals surface area contributed by atoms with Gasteiger partial charge in [-0.25, -0.2) is 4.79 Å². The van der Waals surface area contributed by atoms with Crippen LogP contribution in [0.1, 0.15) is 5.56 Å². The van der Waals surface area contributed by atoms with Crippen LogP contribution < -0.4 is 0 Å². The van der Waals surface area contributed by atoms with E-state index in [4.69, 9.17) is 10.4 Å². The number of rotatable bonds is 2. The number of nitriles is 1. The number of carbonyl (C=O) groups is 1. The van der Waals surface area contributed by atoms with E-state index in [2.05, 4.69) is 15.9 Å². The summed E-state index contributed by atoms with van der Waals surface area (Å²) in [4.78, 5) is 10.5. The minimum Gasteiger partial charge on any atom is -0.477 e. The SMILES string of the molecule is N#C/C(=C\c1ccccc1Br)C(=O)O. The van der Waals surface area contributed by atoms with Gasteiger partial charge >= 0.3 is 5.97 Å². The Bertz CT molecular complexity index is 432. The normalized spacial score (nSPS) is 10.7. The molecular formula is C10H6BrNO2. The van der Waals surface area contributed by atoms with Crippen molar-refractivity contribution in [1.82, 2.24) is 0 Å². The van der Waals surface area contributed by atoms with Gasteiger partial charge in [-0.1, -0.05) is 34.1 Å². The zero-order valence-corrected chi connectivity index (χ0v) is 8.65. The van der Waals surface area contributed by atoms with Crippen molar-refractivity contribution in [1.29, 1.82) is 5.26 Å². The van der Waals surface area contributed by atoms with Gasteiger partial charge in [-0.15, -0.1) is 0 Å². The molecule has 1 aromatic carbocycles. The van der Waals surface area contributed by atoms with Crippen molar-refractivity contribution in [3.05, 3.63) is 39.9 Å². The van der Waals surface area contributed by atoms with Gasteiger partial charge in [0.2, 0.25) is 0 Å². The van der Waals surface area contributed by atoms with Crippen LogP contribution in [0.4, 0.5) is 0 Å². The lowest BCUT2D eigenvalue weighted by Crippen LogP contribution is -1.97. The van der Waals surface area contributed by atoms with Gasteiger partial charge in [0.05, 0.1) is 0 Å². The topological polar surface area (TPSA) is 61.1 Å². The molecule has 0 unspecified atom stereocenters. The summed E-state index contributed by atoms with van der Waals surface area (Å²) < 4.78 is 0.758. The molecule has 0 spiro atoms. The van der Waals surface area contributed by atoms with E-state index in [1.807, 2.05) is 6.07 Å². The van der Waals surface area contributed by atoms with Gasteiger partial charge in [0.25, 0.3) is 0 Å². The molecule has 0 amide bonds. The fraction of sp³-hybridized carbons (Fsp3) is 0. The molecule has 0 saturated carbocycles. The van der Waals surface area contributed by atoms with Crippen LogP contribution in [0, 0.1) is 11.3 Å². The van der Waals surface area contributed by atoms with E-state index in [-0.39, 0.29) is 5.57 Å². The molecule has 0 bridgehead atoms. The Morgan fingerprint density at radius 2 is 2.14 bits per heavy atom. The zero-order chi connectivity index (χ0) is 10.6. The summed E-state index contributed by atoms with van der Waals surface area (Å²) in [6.45, 7) is 0. The smallest absolute Gasteiger partial charge is 0.346 e. The summed E-state index contributed by atoms with van der Waals surface area (Å²) in [7, 11) is 0. The van der Waals surface area contributed by atoms with Gasteiger partial charge in [-0.2, -0.15) is 5.26 Å².